The molecular weight excluding hydrogens is 280 g/mol. The molecule has 0 bridgehead atoms. The molecule has 1 aromatic carbocycles. The number of rotatable bonds is 5. The number of likely N-dealkylation sites (N-methyl/N-ethyl adjacent to an activating group) is 1. The van der Waals surface area contributed by atoms with E-state index < -0.39 is 11.6 Å². The molecule has 16 heavy (non-hydrogen) atoms. The topological polar surface area (TPSA) is 21.3 Å². The van der Waals surface area contributed by atoms with Crippen molar-refractivity contribution in [2.24, 2.45) is 0 Å². The van der Waals surface area contributed by atoms with Crippen LogP contribution >= 0.6 is 15.9 Å². The Kier molecular flexibility index (Phi) is 5.15. The van der Waals surface area contributed by atoms with Gasteiger partial charge in [0.25, 0.3) is 0 Å². The van der Waals surface area contributed by atoms with Crippen LogP contribution in [0, 0.1) is 11.6 Å². The summed E-state index contributed by atoms with van der Waals surface area (Å²) in [6, 6.07) is 2.48. The molecule has 0 aliphatic rings. The number of halogens is 3. The fourth-order valence-electron chi connectivity index (χ4n) is 1.22. The maximum absolute atomic E-state index is 13.3. The lowest BCUT2D eigenvalue weighted by molar-refractivity contribution is 0.206. The number of ether oxygens (including phenoxy) is 1. The molecule has 0 aliphatic heterocycles. The molecule has 1 atom stereocenters. The van der Waals surface area contributed by atoms with E-state index >= 15 is 0 Å². The van der Waals surface area contributed by atoms with Crippen LogP contribution in [-0.2, 0) is 0 Å². The minimum Gasteiger partial charge on any atom is -0.486 e. The summed E-state index contributed by atoms with van der Waals surface area (Å²) in [6.07, 6.45) is -0.219. The molecule has 0 amide bonds. The zero-order chi connectivity index (χ0) is 12.1. The van der Waals surface area contributed by atoms with Crippen molar-refractivity contribution < 1.29 is 13.5 Å². The summed E-state index contributed by atoms with van der Waals surface area (Å²) in [5, 5.41) is 3.06. The first-order valence-corrected chi connectivity index (χ1v) is 5.85. The summed E-state index contributed by atoms with van der Waals surface area (Å²) in [6.45, 7) is 5.15. The molecule has 0 spiro atoms. The third-order valence-corrected chi connectivity index (χ3v) is 2.43. The molecule has 0 heterocycles. The van der Waals surface area contributed by atoms with Gasteiger partial charge in [0.05, 0.1) is 0 Å². The Bertz CT molecular complexity index is 360. The molecule has 0 aromatic heterocycles. The number of hydrogen-bond donors (Lipinski definition) is 1. The van der Waals surface area contributed by atoms with Crippen LogP contribution in [0.4, 0.5) is 8.78 Å². The quantitative estimate of drug-likeness (QED) is 0.843. The van der Waals surface area contributed by atoms with Gasteiger partial charge in [0.1, 0.15) is 6.10 Å². The highest BCUT2D eigenvalue weighted by Gasteiger charge is 2.13. The predicted molar refractivity (Wildman–Crippen MR) is 62.7 cm³/mol. The van der Waals surface area contributed by atoms with Gasteiger partial charge in [0.2, 0.25) is 5.82 Å². The third kappa shape index (κ3) is 3.72. The number of hydrogen-bond acceptors (Lipinski definition) is 2. The molecule has 5 heteroatoms. The molecule has 1 N–H and O–H groups in total. The van der Waals surface area contributed by atoms with Crippen LogP contribution in [0.3, 0.4) is 0 Å². The monoisotopic (exact) mass is 293 g/mol. The maximum atomic E-state index is 13.3. The van der Waals surface area contributed by atoms with Gasteiger partial charge in [0, 0.05) is 11.0 Å². The van der Waals surface area contributed by atoms with E-state index in [4.69, 9.17) is 4.74 Å². The zero-order valence-corrected chi connectivity index (χ0v) is 10.8. The van der Waals surface area contributed by atoms with Crippen molar-refractivity contribution in [1.29, 1.82) is 0 Å². The van der Waals surface area contributed by atoms with Crippen molar-refractivity contribution in [2.75, 3.05) is 13.1 Å². The first kappa shape index (κ1) is 13.4. The molecular formula is C11H14BrF2NO. The summed E-state index contributed by atoms with van der Waals surface area (Å²) in [7, 11) is 0. The predicted octanol–water partition coefficient (Wildman–Crippen LogP) is 3.10. The van der Waals surface area contributed by atoms with Crippen LogP contribution < -0.4 is 10.1 Å². The van der Waals surface area contributed by atoms with E-state index in [9.17, 15) is 8.78 Å². The van der Waals surface area contributed by atoms with Gasteiger partial charge in [-0.05, 0) is 25.6 Å². The molecule has 1 unspecified atom stereocenters. The lowest BCUT2D eigenvalue weighted by atomic mass is 10.3. The van der Waals surface area contributed by atoms with Gasteiger partial charge in [-0.1, -0.05) is 22.9 Å². The van der Waals surface area contributed by atoms with Crippen molar-refractivity contribution in [1.82, 2.24) is 5.32 Å². The lowest BCUT2D eigenvalue weighted by Gasteiger charge is -2.15. The summed E-state index contributed by atoms with van der Waals surface area (Å²) in [5.41, 5.74) is 0. The SMILES string of the molecule is CCNCC(C)Oc1cc(Br)cc(F)c1F. The van der Waals surface area contributed by atoms with Crippen molar-refractivity contribution in [3.63, 3.8) is 0 Å². The van der Waals surface area contributed by atoms with Gasteiger partial charge in [-0.15, -0.1) is 0 Å². The summed E-state index contributed by atoms with van der Waals surface area (Å²) in [4.78, 5) is 0. The Labute approximate surface area is 102 Å². The van der Waals surface area contributed by atoms with E-state index in [-0.39, 0.29) is 11.9 Å². The van der Waals surface area contributed by atoms with E-state index in [1.54, 1.807) is 6.92 Å². The summed E-state index contributed by atoms with van der Waals surface area (Å²) >= 11 is 3.09. The second kappa shape index (κ2) is 6.15. The average Bonchev–Trinajstić information content (AvgIpc) is 2.22. The van der Waals surface area contributed by atoms with Crippen LogP contribution in [0.5, 0.6) is 5.75 Å². The smallest absolute Gasteiger partial charge is 0.200 e. The molecule has 0 radical (unpaired) electrons. The van der Waals surface area contributed by atoms with Gasteiger partial charge in [-0.25, -0.2) is 4.39 Å². The van der Waals surface area contributed by atoms with Crippen LogP contribution in [0.25, 0.3) is 0 Å². The Morgan fingerprint density at radius 1 is 1.44 bits per heavy atom. The second-order valence-corrected chi connectivity index (χ2v) is 4.35. The lowest BCUT2D eigenvalue weighted by Crippen LogP contribution is -2.29. The fraction of sp³-hybridized carbons (Fsp3) is 0.455. The van der Waals surface area contributed by atoms with Gasteiger partial charge in [-0.2, -0.15) is 4.39 Å². The molecule has 1 aromatic rings. The largest absolute Gasteiger partial charge is 0.486 e. The molecule has 0 saturated heterocycles. The Balaban J connectivity index is 2.72. The Morgan fingerprint density at radius 2 is 2.12 bits per heavy atom. The first-order valence-electron chi connectivity index (χ1n) is 5.06. The van der Waals surface area contributed by atoms with Crippen LogP contribution in [0.15, 0.2) is 16.6 Å². The van der Waals surface area contributed by atoms with Crippen molar-refractivity contribution in [3.8, 4) is 5.75 Å². The van der Waals surface area contributed by atoms with Crippen LogP contribution in [0.2, 0.25) is 0 Å². The van der Waals surface area contributed by atoms with E-state index in [1.165, 1.54) is 6.07 Å². The maximum Gasteiger partial charge on any atom is 0.200 e. The zero-order valence-electron chi connectivity index (χ0n) is 9.19. The molecule has 0 saturated carbocycles. The normalized spacial score (nSPS) is 12.6. The van der Waals surface area contributed by atoms with Gasteiger partial charge >= 0.3 is 0 Å². The van der Waals surface area contributed by atoms with Crippen molar-refractivity contribution in [2.45, 2.75) is 20.0 Å². The van der Waals surface area contributed by atoms with Crippen LogP contribution in [-0.4, -0.2) is 19.2 Å². The highest BCUT2D eigenvalue weighted by molar-refractivity contribution is 9.10. The average molecular weight is 294 g/mol. The molecule has 2 nitrogen and oxygen atoms in total. The van der Waals surface area contributed by atoms with Crippen molar-refractivity contribution >= 4 is 15.9 Å². The van der Waals surface area contributed by atoms with Gasteiger partial charge < -0.3 is 10.1 Å². The number of benzene rings is 1. The van der Waals surface area contributed by atoms with E-state index in [1.807, 2.05) is 6.92 Å². The minimum atomic E-state index is -0.952. The van der Waals surface area contributed by atoms with E-state index in [0.717, 1.165) is 12.6 Å². The van der Waals surface area contributed by atoms with Gasteiger partial charge in [0.15, 0.2) is 11.6 Å². The van der Waals surface area contributed by atoms with E-state index in [2.05, 4.69) is 21.2 Å². The minimum absolute atomic E-state index is 0.0720. The molecule has 90 valence electrons. The standard InChI is InChI=1S/C11H14BrF2NO/c1-3-15-6-7(2)16-10-5-8(12)4-9(13)11(10)14/h4-5,7,15H,3,6H2,1-2H3. The Hall–Kier alpha value is -0.680. The second-order valence-electron chi connectivity index (χ2n) is 3.44. The molecule has 1 rings (SSSR count). The fourth-order valence-corrected chi connectivity index (χ4v) is 1.63. The number of nitrogens with one attached hydrogen (secondary N) is 1. The molecule has 0 fully saturated rings. The van der Waals surface area contributed by atoms with Gasteiger partial charge in [-0.3, -0.25) is 0 Å². The van der Waals surface area contributed by atoms with E-state index in [0.29, 0.717) is 11.0 Å². The Morgan fingerprint density at radius 3 is 2.75 bits per heavy atom. The molecule has 0 aliphatic carbocycles. The third-order valence-electron chi connectivity index (χ3n) is 1.97. The highest BCUT2D eigenvalue weighted by Crippen LogP contribution is 2.25. The van der Waals surface area contributed by atoms with Crippen LogP contribution in [0.1, 0.15) is 13.8 Å². The highest BCUT2D eigenvalue weighted by atomic mass is 79.9. The summed E-state index contributed by atoms with van der Waals surface area (Å²) in [5.74, 6) is -1.94. The first-order chi connectivity index (χ1) is 7.54. The summed E-state index contributed by atoms with van der Waals surface area (Å²) < 4.78 is 32.1. The van der Waals surface area contributed by atoms with Crippen molar-refractivity contribution in [3.05, 3.63) is 28.2 Å².